The minimum atomic E-state index is -0.0973. The first-order valence-corrected chi connectivity index (χ1v) is 11.7. The molecule has 1 aliphatic rings. The Bertz CT molecular complexity index is 760. The Kier molecular flexibility index (Phi) is 9.09. The maximum absolute atomic E-state index is 5.99. The van der Waals surface area contributed by atoms with Gasteiger partial charge in [0, 0.05) is 31.8 Å². The normalized spacial score (nSPS) is 13.9. The second kappa shape index (κ2) is 11.8. The predicted molar refractivity (Wildman–Crippen MR) is 126 cm³/mol. The molecular formula is C27H38O4. The van der Waals surface area contributed by atoms with Crippen LogP contribution in [-0.2, 0) is 24.4 Å². The van der Waals surface area contributed by atoms with E-state index in [0.717, 1.165) is 26.1 Å². The van der Waals surface area contributed by atoms with Gasteiger partial charge in [0.05, 0.1) is 26.4 Å². The van der Waals surface area contributed by atoms with Gasteiger partial charge in [0.1, 0.15) is 0 Å². The predicted octanol–water partition coefficient (Wildman–Crippen LogP) is 5.46. The van der Waals surface area contributed by atoms with E-state index in [-0.39, 0.29) is 5.41 Å². The van der Waals surface area contributed by atoms with Crippen LogP contribution >= 0.6 is 0 Å². The molecule has 31 heavy (non-hydrogen) atoms. The fourth-order valence-electron chi connectivity index (χ4n) is 4.61. The zero-order valence-corrected chi connectivity index (χ0v) is 19.7. The highest BCUT2D eigenvalue weighted by Crippen LogP contribution is 2.53. The fourth-order valence-corrected chi connectivity index (χ4v) is 4.61. The highest BCUT2D eigenvalue weighted by molar-refractivity contribution is 5.81. The summed E-state index contributed by atoms with van der Waals surface area (Å²) < 4.78 is 22.8. The molecule has 0 bridgehead atoms. The number of fused-ring (bicyclic) bond motifs is 3. The highest BCUT2D eigenvalue weighted by atomic mass is 16.5. The van der Waals surface area contributed by atoms with Crippen molar-refractivity contribution in [2.24, 2.45) is 0 Å². The van der Waals surface area contributed by atoms with E-state index in [1.165, 1.54) is 33.4 Å². The third-order valence-electron chi connectivity index (χ3n) is 6.17. The average Bonchev–Trinajstić information content (AvgIpc) is 3.02. The Morgan fingerprint density at radius 3 is 1.42 bits per heavy atom. The van der Waals surface area contributed by atoms with Crippen molar-refractivity contribution in [2.75, 3.05) is 52.9 Å². The number of benzene rings is 2. The number of rotatable bonds is 14. The molecule has 3 rings (SSSR count). The van der Waals surface area contributed by atoms with E-state index in [1.807, 2.05) is 13.8 Å². The van der Waals surface area contributed by atoms with E-state index in [4.69, 9.17) is 18.9 Å². The number of ether oxygens (including phenoxy) is 4. The van der Waals surface area contributed by atoms with Crippen LogP contribution in [0.1, 0.15) is 48.9 Å². The van der Waals surface area contributed by atoms with Gasteiger partial charge in [0.2, 0.25) is 0 Å². The lowest BCUT2D eigenvalue weighted by Gasteiger charge is -2.33. The molecule has 0 saturated carbocycles. The molecule has 0 spiro atoms. The smallest absolute Gasteiger partial charge is 0.0700 e. The average molecular weight is 427 g/mol. The van der Waals surface area contributed by atoms with E-state index in [2.05, 4.69) is 50.2 Å². The van der Waals surface area contributed by atoms with Gasteiger partial charge in [-0.3, -0.25) is 0 Å². The molecule has 0 N–H and O–H groups in total. The van der Waals surface area contributed by atoms with Crippen LogP contribution in [-0.4, -0.2) is 52.9 Å². The Labute approximate surface area is 187 Å². The van der Waals surface area contributed by atoms with E-state index in [0.29, 0.717) is 39.6 Å². The maximum Gasteiger partial charge on any atom is 0.0700 e. The largest absolute Gasteiger partial charge is 0.379 e. The molecule has 0 atom stereocenters. The van der Waals surface area contributed by atoms with Crippen molar-refractivity contribution in [1.82, 2.24) is 0 Å². The molecule has 0 saturated heterocycles. The first-order chi connectivity index (χ1) is 15.1. The third-order valence-corrected chi connectivity index (χ3v) is 6.17. The first-order valence-electron chi connectivity index (χ1n) is 11.7. The van der Waals surface area contributed by atoms with Crippen molar-refractivity contribution in [3.63, 3.8) is 0 Å². The van der Waals surface area contributed by atoms with Gasteiger partial charge < -0.3 is 18.9 Å². The summed E-state index contributed by atoms with van der Waals surface area (Å²) in [5.74, 6) is 0. The summed E-state index contributed by atoms with van der Waals surface area (Å²) in [4.78, 5) is 0. The second-order valence-corrected chi connectivity index (χ2v) is 8.30. The van der Waals surface area contributed by atoms with Crippen LogP contribution in [0.3, 0.4) is 0 Å². The monoisotopic (exact) mass is 426 g/mol. The van der Waals surface area contributed by atoms with Gasteiger partial charge in [-0.2, -0.15) is 0 Å². The molecule has 2 aromatic rings. The summed E-state index contributed by atoms with van der Waals surface area (Å²) in [6.07, 6.45) is 1.86. The van der Waals surface area contributed by atoms with Gasteiger partial charge in [0.15, 0.2) is 0 Å². The zero-order chi connectivity index (χ0) is 22.1. The molecule has 4 nitrogen and oxygen atoms in total. The molecule has 0 radical (unpaired) electrons. The summed E-state index contributed by atoms with van der Waals surface area (Å²) in [5.41, 5.74) is 8.02. The lowest BCUT2D eigenvalue weighted by molar-refractivity contribution is 0.0356. The van der Waals surface area contributed by atoms with Crippen LogP contribution in [0.25, 0.3) is 11.1 Å². The molecule has 0 heterocycles. The van der Waals surface area contributed by atoms with Crippen LogP contribution in [0.15, 0.2) is 36.4 Å². The Hall–Kier alpha value is -1.72. The molecule has 4 heteroatoms. The Morgan fingerprint density at radius 2 is 1.00 bits per heavy atom. The van der Waals surface area contributed by atoms with Crippen LogP contribution in [0, 0.1) is 13.8 Å². The van der Waals surface area contributed by atoms with Crippen molar-refractivity contribution in [2.45, 2.75) is 46.0 Å². The topological polar surface area (TPSA) is 36.9 Å². The molecule has 0 fully saturated rings. The SMILES string of the molecule is CCOCCOCCC1(CCOCCOCC)c2cc(C)ccc2-c2ccc(C)cc21. The van der Waals surface area contributed by atoms with Crippen molar-refractivity contribution in [3.8, 4) is 11.1 Å². The molecule has 0 aromatic heterocycles. The van der Waals surface area contributed by atoms with E-state index < -0.39 is 0 Å². The summed E-state index contributed by atoms with van der Waals surface area (Å²) >= 11 is 0. The Balaban J connectivity index is 1.85. The standard InChI is InChI=1S/C27H38O4/c1-5-28-15-17-30-13-11-27(12-14-31-18-16-29-6-2)25-19-21(3)7-9-23(25)24-10-8-22(4)20-26(24)27/h7-10,19-20H,5-6,11-18H2,1-4H3. The molecule has 0 amide bonds. The molecule has 2 aromatic carbocycles. The van der Waals surface area contributed by atoms with Crippen LogP contribution in [0.2, 0.25) is 0 Å². The van der Waals surface area contributed by atoms with E-state index >= 15 is 0 Å². The van der Waals surface area contributed by atoms with Gasteiger partial charge >= 0.3 is 0 Å². The minimum absolute atomic E-state index is 0.0973. The molecule has 1 aliphatic carbocycles. The van der Waals surface area contributed by atoms with Gasteiger partial charge in [-0.05, 0) is 62.8 Å². The van der Waals surface area contributed by atoms with Crippen molar-refractivity contribution >= 4 is 0 Å². The number of aryl methyl sites for hydroxylation is 2. The van der Waals surface area contributed by atoms with Crippen molar-refractivity contribution in [1.29, 1.82) is 0 Å². The maximum atomic E-state index is 5.99. The Morgan fingerprint density at radius 1 is 0.581 bits per heavy atom. The van der Waals surface area contributed by atoms with Gasteiger partial charge in [0.25, 0.3) is 0 Å². The van der Waals surface area contributed by atoms with Gasteiger partial charge in [-0.1, -0.05) is 47.5 Å². The van der Waals surface area contributed by atoms with Crippen molar-refractivity contribution in [3.05, 3.63) is 58.7 Å². The van der Waals surface area contributed by atoms with Gasteiger partial charge in [-0.15, -0.1) is 0 Å². The van der Waals surface area contributed by atoms with Gasteiger partial charge in [-0.25, -0.2) is 0 Å². The highest BCUT2D eigenvalue weighted by Gasteiger charge is 2.42. The second-order valence-electron chi connectivity index (χ2n) is 8.30. The summed E-state index contributed by atoms with van der Waals surface area (Å²) in [6, 6.07) is 13.7. The molecular weight excluding hydrogens is 388 g/mol. The first kappa shape index (κ1) is 23.9. The lowest BCUT2D eigenvalue weighted by atomic mass is 9.72. The van der Waals surface area contributed by atoms with E-state index in [1.54, 1.807) is 0 Å². The molecule has 0 unspecified atom stereocenters. The van der Waals surface area contributed by atoms with Crippen molar-refractivity contribution < 1.29 is 18.9 Å². The summed E-state index contributed by atoms with van der Waals surface area (Å²) in [6.45, 7) is 13.8. The summed E-state index contributed by atoms with van der Waals surface area (Å²) in [5, 5.41) is 0. The fraction of sp³-hybridized carbons (Fsp3) is 0.556. The van der Waals surface area contributed by atoms with Crippen LogP contribution in [0.4, 0.5) is 0 Å². The van der Waals surface area contributed by atoms with Crippen LogP contribution < -0.4 is 0 Å². The number of hydrogen-bond donors (Lipinski definition) is 0. The van der Waals surface area contributed by atoms with Crippen LogP contribution in [0.5, 0.6) is 0 Å². The lowest BCUT2D eigenvalue weighted by Crippen LogP contribution is -2.30. The zero-order valence-electron chi connectivity index (χ0n) is 19.7. The third kappa shape index (κ3) is 5.75. The minimum Gasteiger partial charge on any atom is -0.379 e. The quantitative estimate of drug-likeness (QED) is 0.376. The van der Waals surface area contributed by atoms with E-state index in [9.17, 15) is 0 Å². The molecule has 170 valence electrons. The molecule has 0 aliphatic heterocycles. The number of hydrogen-bond acceptors (Lipinski definition) is 4. The summed E-state index contributed by atoms with van der Waals surface area (Å²) in [7, 11) is 0.